The van der Waals surface area contributed by atoms with E-state index in [1.165, 1.54) is 0 Å². The van der Waals surface area contributed by atoms with Gasteiger partial charge in [-0.05, 0) is 12.1 Å². The lowest BCUT2D eigenvalue weighted by Gasteiger charge is -2.16. The molecule has 0 aliphatic carbocycles. The smallest absolute Gasteiger partial charge is 0.228 e. The largest absolute Gasteiger partial charge is 0.311 e. The van der Waals surface area contributed by atoms with Gasteiger partial charge in [0.25, 0.3) is 0 Å². The van der Waals surface area contributed by atoms with Crippen LogP contribution in [0.15, 0.2) is 18.2 Å². The van der Waals surface area contributed by atoms with Crippen molar-refractivity contribution >= 4 is 21.6 Å². The summed E-state index contributed by atoms with van der Waals surface area (Å²) in [5, 5.41) is 3.90. The Hall–Kier alpha value is -1.54. The zero-order valence-corrected chi connectivity index (χ0v) is 9.95. The Bertz CT molecular complexity index is 583. The number of hydrogen-bond acceptors (Lipinski definition) is 3. The highest BCUT2D eigenvalue weighted by molar-refractivity contribution is 7.89. The third-order valence-electron chi connectivity index (χ3n) is 2.71. The van der Waals surface area contributed by atoms with Gasteiger partial charge in [-0.25, -0.2) is 22.3 Å². The zero-order chi connectivity index (χ0) is 13.5. The molecule has 1 amide bonds. The summed E-state index contributed by atoms with van der Waals surface area (Å²) in [5.74, 6) is -2.20. The van der Waals surface area contributed by atoms with E-state index in [0.717, 1.165) is 17.0 Å². The van der Waals surface area contributed by atoms with E-state index in [1.807, 2.05) is 0 Å². The lowest BCUT2D eigenvalue weighted by Crippen LogP contribution is -2.32. The van der Waals surface area contributed by atoms with Gasteiger partial charge < -0.3 is 4.90 Å². The summed E-state index contributed by atoms with van der Waals surface area (Å²) < 4.78 is 48.3. The van der Waals surface area contributed by atoms with Crippen LogP contribution in [0, 0.1) is 11.6 Å². The second kappa shape index (κ2) is 4.29. The second-order valence-electron chi connectivity index (χ2n) is 4.05. The number of sulfonamides is 1. The molecule has 98 valence electrons. The number of carbonyl (C=O) groups is 1. The third-order valence-corrected chi connectivity index (χ3v) is 3.96. The van der Waals surface area contributed by atoms with E-state index in [-0.39, 0.29) is 18.7 Å². The molecule has 2 rings (SSSR count). The van der Waals surface area contributed by atoms with Crippen LogP contribution in [0.1, 0.15) is 6.42 Å². The minimum atomic E-state index is -3.85. The molecule has 1 fully saturated rings. The molecule has 1 saturated heterocycles. The van der Waals surface area contributed by atoms with E-state index in [0.29, 0.717) is 6.07 Å². The van der Waals surface area contributed by atoms with Crippen LogP contribution in [-0.2, 0) is 14.8 Å². The number of primary sulfonamides is 1. The van der Waals surface area contributed by atoms with Crippen molar-refractivity contribution in [3.05, 3.63) is 29.8 Å². The summed E-state index contributed by atoms with van der Waals surface area (Å²) in [4.78, 5) is 12.6. The van der Waals surface area contributed by atoms with Gasteiger partial charge in [0, 0.05) is 24.7 Å². The summed E-state index contributed by atoms with van der Waals surface area (Å²) in [7, 11) is -3.85. The average molecular weight is 276 g/mol. The summed E-state index contributed by atoms with van der Waals surface area (Å²) in [5.41, 5.74) is -0.0105. The van der Waals surface area contributed by atoms with E-state index >= 15 is 0 Å². The molecular weight excluding hydrogens is 266 g/mol. The van der Waals surface area contributed by atoms with Crippen LogP contribution >= 0.6 is 0 Å². The van der Waals surface area contributed by atoms with Crippen molar-refractivity contribution in [3.8, 4) is 0 Å². The molecule has 1 aromatic rings. The normalized spacial score (nSPS) is 20.5. The minimum Gasteiger partial charge on any atom is -0.311 e. The maximum atomic E-state index is 13.0. The highest BCUT2D eigenvalue weighted by Crippen LogP contribution is 2.25. The predicted octanol–water partition coefficient (Wildman–Crippen LogP) is 0.359. The number of hydrogen-bond donors (Lipinski definition) is 1. The Morgan fingerprint density at radius 2 is 1.78 bits per heavy atom. The molecular formula is C10H10F2N2O3S. The van der Waals surface area contributed by atoms with E-state index in [2.05, 4.69) is 0 Å². The molecule has 1 aliphatic rings. The molecule has 0 radical (unpaired) electrons. The van der Waals surface area contributed by atoms with Crippen LogP contribution < -0.4 is 10.0 Å². The molecule has 1 atom stereocenters. The Morgan fingerprint density at radius 1 is 1.22 bits per heavy atom. The molecule has 18 heavy (non-hydrogen) atoms. The number of nitrogens with zero attached hydrogens (tertiary/aromatic N) is 1. The number of anilines is 1. The molecule has 0 bridgehead atoms. The second-order valence-corrected chi connectivity index (χ2v) is 5.89. The number of rotatable bonds is 2. The molecule has 1 aromatic carbocycles. The summed E-state index contributed by atoms with van der Waals surface area (Å²) in [6.07, 6.45) is -0.281. The van der Waals surface area contributed by atoms with Gasteiger partial charge in [0.1, 0.15) is 16.9 Å². The SMILES string of the molecule is NS(=O)(=O)C1CC(=O)N(c2cc(F)cc(F)c2)C1. The molecule has 0 spiro atoms. The number of halogens is 2. The van der Waals surface area contributed by atoms with E-state index in [9.17, 15) is 22.0 Å². The molecule has 5 nitrogen and oxygen atoms in total. The summed E-state index contributed by atoms with van der Waals surface area (Å²) in [6.45, 7) is -0.194. The van der Waals surface area contributed by atoms with E-state index in [4.69, 9.17) is 5.14 Å². The van der Waals surface area contributed by atoms with Crippen molar-refractivity contribution in [1.82, 2.24) is 0 Å². The Morgan fingerprint density at radius 3 is 2.22 bits per heavy atom. The van der Waals surface area contributed by atoms with Gasteiger partial charge in [-0.15, -0.1) is 0 Å². The van der Waals surface area contributed by atoms with Crippen molar-refractivity contribution in [1.29, 1.82) is 0 Å². The minimum absolute atomic E-state index is 0.0105. The lowest BCUT2D eigenvalue weighted by atomic mass is 10.3. The number of benzene rings is 1. The van der Waals surface area contributed by atoms with Crippen LogP contribution in [0.4, 0.5) is 14.5 Å². The average Bonchev–Trinajstić information content (AvgIpc) is 2.58. The monoisotopic (exact) mass is 276 g/mol. The molecule has 8 heteroatoms. The topological polar surface area (TPSA) is 80.5 Å². The Balaban J connectivity index is 2.32. The number of amides is 1. The fourth-order valence-corrected chi connectivity index (χ4v) is 2.57. The summed E-state index contributed by atoms with van der Waals surface area (Å²) in [6, 6.07) is 2.60. The summed E-state index contributed by atoms with van der Waals surface area (Å²) >= 11 is 0. The van der Waals surface area contributed by atoms with Crippen molar-refractivity contribution in [3.63, 3.8) is 0 Å². The maximum absolute atomic E-state index is 13.0. The van der Waals surface area contributed by atoms with Gasteiger partial charge in [-0.1, -0.05) is 0 Å². The standard InChI is InChI=1S/C10H10F2N2O3S/c11-6-1-7(12)3-8(2-6)14-5-9(4-10(14)15)18(13,16)17/h1-3,9H,4-5H2,(H2,13,16,17). The third kappa shape index (κ3) is 2.49. The molecule has 0 aromatic heterocycles. The van der Waals surface area contributed by atoms with Crippen LogP contribution in [0.2, 0.25) is 0 Å². The first-order valence-corrected chi connectivity index (χ1v) is 6.66. The molecule has 2 N–H and O–H groups in total. The highest BCUT2D eigenvalue weighted by Gasteiger charge is 2.37. The first kappa shape index (κ1) is 12.9. The van der Waals surface area contributed by atoms with Crippen LogP contribution in [0.5, 0.6) is 0 Å². The molecule has 0 saturated carbocycles. The van der Waals surface area contributed by atoms with Gasteiger partial charge >= 0.3 is 0 Å². The van der Waals surface area contributed by atoms with Gasteiger partial charge in [-0.3, -0.25) is 4.79 Å². The van der Waals surface area contributed by atoms with Gasteiger partial charge in [0.15, 0.2) is 0 Å². The van der Waals surface area contributed by atoms with Gasteiger partial charge in [0.2, 0.25) is 15.9 Å². The molecule has 1 heterocycles. The maximum Gasteiger partial charge on any atom is 0.228 e. The van der Waals surface area contributed by atoms with Crippen molar-refractivity contribution < 1.29 is 22.0 Å². The van der Waals surface area contributed by atoms with E-state index < -0.39 is 32.8 Å². The van der Waals surface area contributed by atoms with Crippen molar-refractivity contribution in [2.75, 3.05) is 11.4 Å². The van der Waals surface area contributed by atoms with E-state index in [1.54, 1.807) is 0 Å². The fourth-order valence-electron chi connectivity index (χ4n) is 1.84. The van der Waals surface area contributed by atoms with Gasteiger partial charge in [-0.2, -0.15) is 0 Å². The molecule has 1 aliphatic heterocycles. The first-order valence-electron chi connectivity index (χ1n) is 5.05. The van der Waals surface area contributed by atoms with Crippen molar-refractivity contribution in [2.45, 2.75) is 11.7 Å². The van der Waals surface area contributed by atoms with Crippen LogP contribution in [0.3, 0.4) is 0 Å². The first-order chi connectivity index (χ1) is 8.27. The lowest BCUT2D eigenvalue weighted by molar-refractivity contribution is -0.117. The number of nitrogens with two attached hydrogens (primary N) is 1. The van der Waals surface area contributed by atoms with Crippen LogP contribution in [-0.4, -0.2) is 26.1 Å². The zero-order valence-electron chi connectivity index (χ0n) is 9.14. The molecule has 1 unspecified atom stereocenters. The predicted molar refractivity (Wildman–Crippen MR) is 60.2 cm³/mol. The van der Waals surface area contributed by atoms with Gasteiger partial charge in [0.05, 0.1) is 0 Å². The van der Waals surface area contributed by atoms with Crippen molar-refractivity contribution in [2.24, 2.45) is 5.14 Å². The Kier molecular flexibility index (Phi) is 3.07. The highest BCUT2D eigenvalue weighted by atomic mass is 32.2. The quantitative estimate of drug-likeness (QED) is 0.846. The fraction of sp³-hybridized carbons (Fsp3) is 0.300. The Labute approximate surface area is 102 Å². The van der Waals surface area contributed by atoms with Crippen LogP contribution in [0.25, 0.3) is 0 Å². The number of carbonyl (C=O) groups excluding carboxylic acids is 1.